The molecule has 0 saturated heterocycles. The molecule has 2 aromatic carbocycles. The van der Waals surface area contributed by atoms with Crippen molar-refractivity contribution in [2.75, 3.05) is 11.9 Å². The van der Waals surface area contributed by atoms with Gasteiger partial charge in [0, 0.05) is 25.6 Å². The molecule has 2 atom stereocenters. The zero-order chi connectivity index (χ0) is 28.7. The van der Waals surface area contributed by atoms with Gasteiger partial charge in [0.1, 0.15) is 6.04 Å². The highest BCUT2D eigenvalue weighted by Gasteiger charge is 2.41. The van der Waals surface area contributed by atoms with E-state index in [4.69, 9.17) is 0 Å². The molecule has 1 amide bonds. The third-order valence-electron chi connectivity index (χ3n) is 5.96. The largest absolute Gasteiger partial charge is 0.480 e. The van der Waals surface area contributed by atoms with Crippen LogP contribution in [0.25, 0.3) is 5.57 Å². The topological polar surface area (TPSA) is 159 Å². The van der Waals surface area contributed by atoms with E-state index in [1.807, 2.05) is 30.3 Å². The Morgan fingerprint density at radius 3 is 2.26 bits per heavy atom. The molecule has 3 rings (SSSR count). The molecule has 0 aromatic heterocycles. The Morgan fingerprint density at radius 2 is 1.69 bits per heavy atom. The van der Waals surface area contributed by atoms with Gasteiger partial charge in [0.05, 0.1) is 4.90 Å². The van der Waals surface area contributed by atoms with Crippen LogP contribution in [0.15, 0.2) is 77.7 Å². The van der Waals surface area contributed by atoms with Crippen LogP contribution in [0.1, 0.15) is 38.2 Å². The molecule has 4 N–H and O–H groups in total. The Hall–Kier alpha value is -2.84. The van der Waals surface area contributed by atoms with Gasteiger partial charge < -0.3 is 10.4 Å². The molecule has 39 heavy (non-hydrogen) atoms. The van der Waals surface area contributed by atoms with E-state index >= 15 is 0 Å². The minimum absolute atomic E-state index is 0.0143. The van der Waals surface area contributed by atoms with Crippen LogP contribution < -0.4 is 14.8 Å². The van der Waals surface area contributed by atoms with E-state index in [2.05, 4.69) is 30.7 Å². The van der Waals surface area contributed by atoms with Crippen molar-refractivity contribution in [3.63, 3.8) is 0 Å². The minimum atomic E-state index is -4.13. The van der Waals surface area contributed by atoms with Gasteiger partial charge in [-0.05, 0) is 54.7 Å². The molecule has 10 nitrogen and oxygen atoms in total. The molecular weight excluding hydrogens is 610 g/mol. The van der Waals surface area contributed by atoms with Crippen molar-refractivity contribution in [3.05, 3.63) is 78.4 Å². The quantitative estimate of drug-likeness (QED) is 0.192. The van der Waals surface area contributed by atoms with E-state index < -0.39 is 35.7 Å². The maximum absolute atomic E-state index is 13.1. The summed E-state index contributed by atoms with van der Waals surface area (Å²) in [6.07, 6.45) is 5.57. The number of anilines is 1. The number of alkyl halides is 1. The number of carboxylic acids is 1. The maximum atomic E-state index is 13.1. The number of carbonyl (C=O) groups excluding carboxylic acids is 1. The summed E-state index contributed by atoms with van der Waals surface area (Å²) in [5, 5.41) is 12.2. The monoisotopic (exact) mass is 639 g/mol. The van der Waals surface area contributed by atoms with Crippen LogP contribution in [0, 0.1) is 0 Å². The van der Waals surface area contributed by atoms with E-state index in [1.165, 1.54) is 37.3 Å². The van der Waals surface area contributed by atoms with E-state index in [-0.39, 0.29) is 43.0 Å². The van der Waals surface area contributed by atoms with Crippen LogP contribution in [0.2, 0.25) is 0 Å². The van der Waals surface area contributed by atoms with E-state index in [9.17, 15) is 31.5 Å². The summed E-state index contributed by atoms with van der Waals surface area (Å²) in [6.45, 7) is 1.38. The number of sulfonamides is 2. The summed E-state index contributed by atoms with van der Waals surface area (Å²) in [4.78, 5) is 22.9. The Balaban J connectivity index is 1.52. The molecule has 2 unspecified atom stereocenters. The lowest BCUT2D eigenvalue weighted by Gasteiger charge is -2.28. The number of aliphatic carboxylic acids is 1. The zero-order valence-electron chi connectivity index (χ0n) is 21.1. The Morgan fingerprint density at radius 1 is 1.03 bits per heavy atom. The fraction of sp³-hybridized carbons (Fsp3) is 0.308. The lowest BCUT2D eigenvalue weighted by molar-refractivity contribution is -0.139. The summed E-state index contributed by atoms with van der Waals surface area (Å²) < 4.78 is 54.4. The van der Waals surface area contributed by atoms with Crippen molar-refractivity contribution in [3.8, 4) is 0 Å². The third kappa shape index (κ3) is 8.32. The van der Waals surface area contributed by atoms with Crippen LogP contribution in [0.3, 0.4) is 0 Å². The molecule has 1 aliphatic carbocycles. The molecule has 0 spiro atoms. The standard InChI is InChI=1S/C26H30BrN3O7S2/c1-19(31)29-22-10-12-23(13-11-22)38(34,35)28-18-6-5-9-24(25(32)33)30-39(36,37)26(27)16-14-21(15-17-26)20-7-3-2-4-8-20/h2-4,7-8,10-16,24,28,30H,5-6,9,17-18H2,1H3,(H,29,31)(H,32,33). The first-order chi connectivity index (χ1) is 18.3. The van der Waals surface area contributed by atoms with Gasteiger partial charge in [-0.3, -0.25) is 9.59 Å². The van der Waals surface area contributed by atoms with Crippen molar-refractivity contribution in [2.45, 2.75) is 47.2 Å². The first-order valence-corrected chi connectivity index (χ1v) is 15.8. The van der Waals surface area contributed by atoms with Gasteiger partial charge in [0.15, 0.2) is 3.66 Å². The normalized spacial score (nSPS) is 18.3. The van der Waals surface area contributed by atoms with Gasteiger partial charge in [-0.25, -0.2) is 21.6 Å². The Kier molecular flexibility index (Phi) is 10.2. The summed E-state index contributed by atoms with van der Waals surface area (Å²) in [5.74, 6) is -1.60. The number of carboxylic acid groups (broad SMARTS) is 1. The van der Waals surface area contributed by atoms with Crippen molar-refractivity contribution < 1.29 is 31.5 Å². The highest BCUT2D eigenvalue weighted by atomic mass is 79.9. The zero-order valence-corrected chi connectivity index (χ0v) is 24.4. The van der Waals surface area contributed by atoms with Crippen molar-refractivity contribution in [2.24, 2.45) is 0 Å². The predicted octanol–water partition coefficient (Wildman–Crippen LogP) is 3.60. The fourth-order valence-electron chi connectivity index (χ4n) is 3.85. The van der Waals surface area contributed by atoms with Gasteiger partial charge in [-0.1, -0.05) is 64.5 Å². The first-order valence-electron chi connectivity index (χ1n) is 12.1. The number of hydrogen-bond donors (Lipinski definition) is 4. The molecule has 2 aromatic rings. The predicted molar refractivity (Wildman–Crippen MR) is 153 cm³/mol. The molecule has 13 heteroatoms. The average molecular weight is 641 g/mol. The number of amides is 1. The Labute approximate surface area is 236 Å². The number of benzene rings is 2. The van der Waals surface area contributed by atoms with Crippen LogP contribution >= 0.6 is 15.9 Å². The number of allylic oxidation sites excluding steroid dienone is 3. The number of hydrogen-bond acceptors (Lipinski definition) is 6. The van der Waals surface area contributed by atoms with Gasteiger partial charge in [-0.2, -0.15) is 4.72 Å². The van der Waals surface area contributed by atoms with Gasteiger partial charge >= 0.3 is 5.97 Å². The molecule has 1 aliphatic rings. The van der Waals surface area contributed by atoms with Gasteiger partial charge in [0.2, 0.25) is 26.0 Å². The first kappa shape index (κ1) is 30.7. The van der Waals surface area contributed by atoms with Gasteiger partial charge in [-0.15, -0.1) is 0 Å². The molecule has 0 heterocycles. The molecule has 210 valence electrons. The van der Waals surface area contributed by atoms with Crippen LogP contribution in [-0.4, -0.2) is 50.1 Å². The lowest BCUT2D eigenvalue weighted by Crippen LogP contribution is -2.48. The molecular formula is C26H30BrN3O7S2. The highest BCUT2D eigenvalue weighted by Crippen LogP contribution is 2.37. The van der Waals surface area contributed by atoms with Gasteiger partial charge in [0.25, 0.3) is 0 Å². The number of halogens is 1. The fourth-order valence-corrected chi connectivity index (χ4v) is 6.83. The van der Waals surface area contributed by atoms with Crippen LogP contribution in [0.4, 0.5) is 5.69 Å². The number of rotatable bonds is 13. The second-order valence-electron chi connectivity index (χ2n) is 8.96. The smallest absolute Gasteiger partial charge is 0.321 e. The second kappa shape index (κ2) is 13.0. The average Bonchev–Trinajstić information content (AvgIpc) is 2.88. The third-order valence-corrected chi connectivity index (χ3v) is 11.1. The molecule has 0 saturated carbocycles. The lowest BCUT2D eigenvalue weighted by atomic mass is 9.99. The van der Waals surface area contributed by atoms with E-state index in [0.717, 1.165) is 11.1 Å². The molecule has 0 fully saturated rings. The van der Waals surface area contributed by atoms with Crippen LogP contribution in [-0.2, 0) is 29.6 Å². The SMILES string of the molecule is CC(=O)Nc1ccc(S(=O)(=O)NCCCCC(NS(=O)(=O)C2(Br)C=CC(c3ccccc3)=CC2)C(=O)O)cc1. The van der Waals surface area contributed by atoms with Crippen molar-refractivity contribution in [1.29, 1.82) is 0 Å². The minimum Gasteiger partial charge on any atom is -0.480 e. The number of carbonyl (C=O) groups is 2. The molecule has 0 bridgehead atoms. The molecule has 0 aliphatic heterocycles. The summed E-state index contributed by atoms with van der Waals surface area (Å²) in [5.41, 5.74) is 2.27. The molecule has 0 radical (unpaired) electrons. The summed E-state index contributed by atoms with van der Waals surface area (Å²) in [6, 6.07) is 13.7. The Bertz CT molecular complexity index is 1460. The maximum Gasteiger partial charge on any atom is 0.321 e. The van der Waals surface area contributed by atoms with E-state index in [0.29, 0.717) is 5.69 Å². The number of nitrogens with one attached hydrogen (secondary N) is 3. The summed E-state index contributed by atoms with van der Waals surface area (Å²) in [7, 11) is -7.94. The summed E-state index contributed by atoms with van der Waals surface area (Å²) >= 11 is 3.28. The van der Waals surface area contributed by atoms with Crippen LogP contribution in [0.5, 0.6) is 0 Å². The van der Waals surface area contributed by atoms with E-state index in [1.54, 1.807) is 12.2 Å². The number of unbranched alkanes of at least 4 members (excludes halogenated alkanes) is 1. The highest BCUT2D eigenvalue weighted by molar-refractivity contribution is 9.11. The van der Waals surface area contributed by atoms with Crippen molar-refractivity contribution >= 4 is 59.1 Å². The van der Waals surface area contributed by atoms with Crippen molar-refractivity contribution in [1.82, 2.24) is 9.44 Å². The second-order valence-corrected chi connectivity index (χ2v) is 14.6.